The molecule has 0 amide bonds. The summed E-state index contributed by atoms with van der Waals surface area (Å²) in [6.45, 7) is 0. The van der Waals surface area contributed by atoms with Gasteiger partial charge in [0.25, 0.3) is 0 Å². The van der Waals surface area contributed by atoms with Crippen LogP contribution in [0.3, 0.4) is 0 Å². The van der Waals surface area contributed by atoms with Gasteiger partial charge in [0.05, 0.1) is 11.8 Å². The molecule has 0 saturated heterocycles. The lowest BCUT2D eigenvalue weighted by molar-refractivity contribution is -0.272. The lowest BCUT2D eigenvalue weighted by Gasteiger charge is -2.05. The van der Waals surface area contributed by atoms with E-state index in [2.05, 4.69) is 15.0 Å². The minimum absolute atomic E-state index is 0.0637. The quantitative estimate of drug-likeness (QED) is 0.543. The molecule has 0 aliphatic carbocycles. The highest BCUT2D eigenvalue weighted by Crippen LogP contribution is 2.18. The Labute approximate surface area is 72.7 Å². The molecule has 0 atom stereocenters. The molecule has 62 valence electrons. The second kappa shape index (κ2) is 2.31. The van der Waals surface area contributed by atoms with Crippen LogP contribution in [0, 0.1) is 0 Å². The summed E-state index contributed by atoms with van der Waals surface area (Å²) in [6.07, 6.45) is 1.50. The van der Waals surface area contributed by atoms with E-state index in [1.165, 1.54) is 6.33 Å². The van der Waals surface area contributed by atoms with Crippen molar-refractivity contribution in [1.29, 1.82) is 0 Å². The van der Waals surface area contributed by atoms with Crippen LogP contribution in [-0.2, 0) is 7.05 Å². The highest BCUT2D eigenvalue weighted by atomic mass is 35.5. The number of fused-ring (bicyclic) bond motifs is 1. The first kappa shape index (κ1) is 7.30. The predicted octanol–water partition coefficient (Wildman–Crippen LogP) is 0.0903. The molecular weight excluding hydrogens is 180 g/mol. The van der Waals surface area contributed by atoms with Crippen molar-refractivity contribution in [2.24, 2.45) is 7.05 Å². The second-order valence-corrected chi connectivity index (χ2v) is 2.66. The number of aromatic nitrogens is 4. The third kappa shape index (κ3) is 0.902. The summed E-state index contributed by atoms with van der Waals surface area (Å²) >= 11 is 5.46. The molecule has 6 heteroatoms. The van der Waals surface area contributed by atoms with Gasteiger partial charge in [0, 0.05) is 12.9 Å². The molecule has 0 fully saturated rings. The van der Waals surface area contributed by atoms with Crippen molar-refractivity contribution >= 4 is 22.8 Å². The molecule has 0 bridgehead atoms. The molecule has 5 nitrogen and oxygen atoms in total. The molecule has 2 aromatic heterocycles. The van der Waals surface area contributed by atoms with Crippen LogP contribution in [0.1, 0.15) is 0 Å². The SMILES string of the molecule is Cn1cnc2nc(Cl)nc([O-])c21. The number of hydrogen-bond donors (Lipinski definition) is 0. The topological polar surface area (TPSA) is 66.7 Å². The van der Waals surface area contributed by atoms with Crippen molar-refractivity contribution < 1.29 is 5.11 Å². The normalized spacial score (nSPS) is 10.8. The van der Waals surface area contributed by atoms with Crippen LogP contribution in [0.5, 0.6) is 5.88 Å². The fourth-order valence-corrected chi connectivity index (χ4v) is 1.15. The van der Waals surface area contributed by atoms with Gasteiger partial charge in [-0.2, -0.15) is 4.98 Å². The Morgan fingerprint density at radius 3 is 3.00 bits per heavy atom. The lowest BCUT2D eigenvalue weighted by Crippen LogP contribution is -1.99. The van der Waals surface area contributed by atoms with E-state index in [4.69, 9.17) is 11.6 Å². The van der Waals surface area contributed by atoms with Crippen LogP contribution in [0.25, 0.3) is 11.2 Å². The van der Waals surface area contributed by atoms with Gasteiger partial charge in [0.15, 0.2) is 5.65 Å². The molecule has 0 unspecified atom stereocenters. The molecule has 0 N–H and O–H groups in total. The Morgan fingerprint density at radius 1 is 1.50 bits per heavy atom. The van der Waals surface area contributed by atoms with Gasteiger partial charge >= 0.3 is 0 Å². The average molecular weight is 184 g/mol. The number of hydrogen-bond acceptors (Lipinski definition) is 4. The highest BCUT2D eigenvalue weighted by molar-refractivity contribution is 6.28. The van der Waals surface area contributed by atoms with Gasteiger partial charge in [0.1, 0.15) is 0 Å². The van der Waals surface area contributed by atoms with Crippen LogP contribution in [0.4, 0.5) is 0 Å². The van der Waals surface area contributed by atoms with Gasteiger partial charge in [-0.25, -0.2) is 9.97 Å². The molecule has 2 heterocycles. The number of halogens is 1. The fraction of sp³-hybridized carbons (Fsp3) is 0.167. The van der Waals surface area contributed by atoms with E-state index in [1.807, 2.05) is 0 Å². The van der Waals surface area contributed by atoms with Crippen molar-refractivity contribution in [3.8, 4) is 5.88 Å². The standard InChI is InChI=1S/C6H5ClN4O/c1-11-2-8-4-3(11)5(12)10-6(7)9-4/h2H,1H3,(H,9,10,12)/p-1. The van der Waals surface area contributed by atoms with Gasteiger partial charge in [-0.1, -0.05) is 0 Å². The average Bonchev–Trinajstić information content (AvgIpc) is 2.31. The van der Waals surface area contributed by atoms with Crippen molar-refractivity contribution in [3.05, 3.63) is 11.6 Å². The molecular formula is C6H4ClN4O-. The number of rotatable bonds is 0. The van der Waals surface area contributed by atoms with Gasteiger partial charge in [-0.3, -0.25) is 0 Å². The van der Waals surface area contributed by atoms with Crippen LogP contribution in [0.2, 0.25) is 5.28 Å². The van der Waals surface area contributed by atoms with Crippen LogP contribution < -0.4 is 5.11 Å². The lowest BCUT2D eigenvalue weighted by atomic mass is 10.5. The Morgan fingerprint density at radius 2 is 2.25 bits per heavy atom. The Balaban J connectivity index is 2.93. The minimum atomic E-state index is -0.398. The largest absolute Gasteiger partial charge is 0.857 e. The number of nitrogens with zero attached hydrogens (tertiary/aromatic N) is 4. The third-order valence-electron chi connectivity index (χ3n) is 1.51. The Bertz CT molecular complexity index is 438. The molecule has 2 aromatic rings. The Hall–Kier alpha value is -1.36. The van der Waals surface area contributed by atoms with E-state index >= 15 is 0 Å². The third-order valence-corrected chi connectivity index (χ3v) is 1.68. The zero-order valence-corrected chi connectivity index (χ0v) is 6.91. The maximum absolute atomic E-state index is 11.2. The number of aryl methyl sites for hydroxylation is 1. The van der Waals surface area contributed by atoms with Gasteiger partial charge < -0.3 is 9.67 Å². The zero-order chi connectivity index (χ0) is 8.72. The molecule has 0 saturated carbocycles. The van der Waals surface area contributed by atoms with E-state index in [1.54, 1.807) is 11.6 Å². The van der Waals surface area contributed by atoms with Crippen molar-refractivity contribution in [2.45, 2.75) is 0 Å². The maximum Gasteiger partial charge on any atom is 0.223 e. The molecule has 0 radical (unpaired) electrons. The summed E-state index contributed by atoms with van der Waals surface area (Å²) in [4.78, 5) is 11.1. The molecule has 0 spiro atoms. The molecule has 0 aliphatic heterocycles. The van der Waals surface area contributed by atoms with Crippen LogP contribution >= 0.6 is 11.6 Å². The smallest absolute Gasteiger partial charge is 0.223 e. The molecule has 2 rings (SSSR count). The van der Waals surface area contributed by atoms with E-state index in [-0.39, 0.29) is 5.28 Å². The first-order chi connectivity index (χ1) is 5.68. The van der Waals surface area contributed by atoms with Gasteiger partial charge in [0.2, 0.25) is 5.28 Å². The Kier molecular flexibility index (Phi) is 1.41. The zero-order valence-electron chi connectivity index (χ0n) is 6.15. The van der Waals surface area contributed by atoms with Crippen molar-refractivity contribution in [2.75, 3.05) is 0 Å². The predicted molar refractivity (Wildman–Crippen MR) is 40.8 cm³/mol. The number of imidazole rings is 1. The maximum atomic E-state index is 11.2. The van der Waals surface area contributed by atoms with Gasteiger partial charge in [-0.15, -0.1) is 0 Å². The van der Waals surface area contributed by atoms with E-state index in [9.17, 15) is 5.11 Å². The first-order valence-corrected chi connectivity index (χ1v) is 3.58. The minimum Gasteiger partial charge on any atom is -0.857 e. The van der Waals surface area contributed by atoms with Crippen LogP contribution in [-0.4, -0.2) is 19.5 Å². The molecule has 0 aromatic carbocycles. The van der Waals surface area contributed by atoms with Crippen LogP contribution in [0.15, 0.2) is 6.33 Å². The second-order valence-electron chi connectivity index (χ2n) is 2.33. The summed E-state index contributed by atoms with van der Waals surface area (Å²) in [7, 11) is 1.70. The molecule has 0 aliphatic rings. The summed E-state index contributed by atoms with van der Waals surface area (Å²) in [5, 5.41) is 11.1. The van der Waals surface area contributed by atoms with Crippen molar-refractivity contribution in [1.82, 2.24) is 19.5 Å². The van der Waals surface area contributed by atoms with E-state index < -0.39 is 5.88 Å². The highest BCUT2D eigenvalue weighted by Gasteiger charge is 2.03. The van der Waals surface area contributed by atoms with Crippen molar-refractivity contribution in [3.63, 3.8) is 0 Å². The summed E-state index contributed by atoms with van der Waals surface area (Å²) in [5.74, 6) is -0.398. The van der Waals surface area contributed by atoms with Gasteiger partial charge in [-0.05, 0) is 11.6 Å². The fourth-order valence-electron chi connectivity index (χ4n) is 0.995. The summed E-state index contributed by atoms with van der Waals surface area (Å²) in [6, 6.07) is 0. The molecule has 12 heavy (non-hydrogen) atoms. The summed E-state index contributed by atoms with van der Waals surface area (Å²) in [5.41, 5.74) is 0.710. The van der Waals surface area contributed by atoms with E-state index in [0.717, 1.165) is 0 Å². The monoisotopic (exact) mass is 183 g/mol. The van der Waals surface area contributed by atoms with E-state index in [0.29, 0.717) is 11.2 Å². The first-order valence-electron chi connectivity index (χ1n) is 3.20. The summed E-state index contributed by atoms with van der Waals surface area (Å²) < 4.78 is 1.56.